The first-order chi connectivity index (χ1) is 15.1. The van der Waals surface area contributed by atoms with E-state index in [0.29, 0.717) is 31.5 Å². The number of amides is 2. The molecule has 8 nitrogen and oxygen atoms in total. The minimum absolute atomic E-state index is 0.0346. The van der Waals surface area contributed by atoms with Crippen LogP contribution in [0.1, 0.15) is 50.9 Å². The highest BCUT2D eigenvalue weighted by molar-refractivity contribution is 5.94. The average molecular weight is 421 g/mol. The van der Waals surface area contributed by atoms with Crippen LogP contribution in [0.2, 0.25) is 0 Å². The van der Waals surface area contributed by atoms with E-state index in [-0.39, 0.29) is 35.9 Å². The first-order valence-corrected chi connectivity index (χ1v) is 10.5. The number of carbonyl (C=O) groups is 3. The molecule has 0 bridgehead atoms. The molecular formula is C23H23N3O5. The Morgan fingerprint density at radius 3 is 2.61 bits per heavy atom. The van der Waals surface area contributed by atoms with Crippen molar-refractivity contribution in [2.24, 2.45) is 0 Å². The molecule has 0 saturated carbocycles. The predicted octanol–water partition coefficient (Wildman–Crippen LogP) is 2.59. The van der Waals surface area contributed by atoms with Crippen LogP contribution in [-0.2, 0) is 15.9 Å². The van der Waals surface area contributed by atoms with Gasteiger partial charge < -0.3 is 14.4 Å². The van der Waals surface area contributed by atoms with Gasteiger partial charge in [-0.15, -0.1) is 0 Å². The minimum atomic E-state index is -0.489. The highest BCUT2D eigenvalue weighted by Crippen LogP contribution is 2.44. The number of rotatable bonds is 3. The standard InChI is InChI=1S/C23H23N3O5/c1-30-22(28)15-6-7-18(24-13-15)21(27)25-10-8-16(9-11-25)26-20-17-5-3-2-4-14(17)12-19(20)31-23(26)29/h2-7,13,16,19-20H,8-12H2,1H3. The van der Waals surface area contributed by atoms with Crippen LogP contribution in [0.3, 0.4) is 0 Å². The zero-order valence-electron chi connectivity index (χ0n) is 17.2. The summed E-state index contributed by atoms with van der Waals surface area (Å²) in [6, 6.07) is 11.3. The van der Waals surface area contributed by atoms with Gasteiger partial charge in [0.2, 0.25) is 0 Å². The van der Waals surface area contributed by atoms with Gasteiger partial charge in [-0.25, -0.2) is 9.59 Å². The van der Waals surface area contributed by atoms with Gasteiger partial charge in [0.15, 0.2) is 0 Å². The fraction of sp³-hybridized carbons (Fsp3) is 0.391. The van der Waals surface area contributed by atoms with Crippen molar-refractivity contribution >= 4 is 18.0 Å². The number of esters is 1. The minimum Gasteiger partial charge on any atom is -0.465 e. The van der Waals surface area contributed by atoms with Crippen LogP contribution >= 0.6 is 0 Å². The number of hydrogen-bond donors (Lipinski definition) is 0. The summed E-state index contributed by atoms with van der Waals surface area (Å²) in [5, 5.41) is 0. The molecule has 2 unspecified atom stereocenters. The zero-order chi connectivity index (χ0) is 21.5. The van der Waals surface area contributed by atoms with Gasteiger partial charge in [-0.2, -0.15) is 0 Å². The summed E-state index contributed by atoms with van der Waals surface area (Å²) in [5.74, 6) is -0.667. The van der Waals surface area contributed by atoms with Crippen LogP contribution in [0.25, 0.3) is 0 Å². The van der Waals surface area contributed by atoms with Gasteiger partial charge in [0.05, 0.1) is 18.7 Å². The number of hydrogen-bond acceptors (Lipinski definition) is 6. The van der Waals surface area contributed by atoms with Gasteiger partial charge in [-0.3, -0.25) is 14.7 Å². The number of carbonyl (C=O) groups excluding carboxylic acids is 3. The number of likely N-dealkylation sites (tertiary alicyclic amines) is 1. The molecular weight excluding hydrogens is 398 g/mol. The van der Waals surface area contributed by atoms with Crippen LogP contribution in [0.15, 0.2) is 42.6 Å². The van der Waals surface area contributed by atoms with Crippen LogP contribution in [0.4, 0.5) is 4.79 Å². The van der Waals surface area contributed by atoms with Crippen LogP contribution in [0, 0.1) is 0 Å². The summed E-state index contributed by atoms with van der Waals surface area (Å²) >= 11 is 0. The topological polar surface area (TPSA) is 89.0 Å². The monoisotopic (exact) mass is 421 g/mol. The van der Waals surface area contributed by atoms with Gasteiger partial charge in [0, 0.05) is 31.7 Å². The quantitative estimate of drug-likeness (QED) is 0.708. The summed E-state index contributed by atoms with van der Waals surface area (Å²) in [6.07, 6.45) is 3.10. The van der Waals surface area contributed by atoms with E-state index in [1.54, 1.807) is 11.0 Å². The van der Waals surface area contributed by atoms with Crippen molar-refractivity contribution in [3.63, 3.8) is 0 Å². The summed E-state index contributed by atoms with van der Waals surface area (Å²) in [4.78, 5) is 44.8. The second kappa shape index (κ2) is 7.68. The van der Waals surface area contributed by atoms with Crippen molar-refractivity contribution in [1.29, 1.82) is 0 Å². The van der Waals surface area contributed by atoms with Crippen LogP contribution in [0.5, 0.6) is 0 Å². The first-order valence-electron chi connectivity index (χ1n) is 10.5. The van der Waals surface area contributed by atoms with Crippen molar-refractivity contribution in [3.05, 3.63) is 65.0 Å². The number of methoxy groups -OCH3 is 1. The Balaban J connectivity index is 1.26. The molecule has 2 aliphatic heterocycles. The molecule has 1 aromatic carbocycles. The molecule has 5 rings (SSSR count). The molecule has 2 amide bonds. The Morgan fingerprint density at radius 2 is 1.90 bits per heavy atom. The average Bonchev–Trinajstić information content (AvgIpc) is 3.32. The van der Waals surface area contributed by atoms with E-state index in [4.69, 9.17) is 4.74 Å². The van der Waals surface area contributed by atoms with Crippen molar-refractivity contribution in [2.45, 2.75) is 37.5 Å². The van der Waals surface area contributed by atoms with Crippen LogP contribution < -0.4 is 0 Å². The van der Waals surface area contributed by atoms with Gasteiger partial charge in [-0.1, -0.05) is 24.3 Å². The lowest BCUT2D eigenvalue weighted by molar-refractivity contribution is 0.0593. The largest absolute Gasteiger partial charge is 0.465 e. The molecule has 2 saturated heterocycles. The molecule has 0 radical (unpaired) electrons. The highest BCUT2D eigenvalue weighted by Gasteiger charge is 2.50. The lowest BCUT2D eigenvalue weighted by atomic mass is 9.99. The fourth-order valence-corrected chi connectivity index (χ4v) is 4.92. The molecule has 3 heterocycles. The Morgan fingerprint density at radius 1 is 1.13 bits per heavy atom. The Hall–Kier alpha value is -3.42. The van der Waals surface area contributed by atoms with Crippen molar-refractivity contribution in [1.82, 2.24) is 14.8 Å². The lowest BCUT2D eigenvalue weighted by Crippen LogP contribution is -2.48. The Bertz CT molecular complexity index is 1030. The molecule has 2 aromatic rings. The van der Waals surface area contributed by atoms with E-state index >= 15 is 0 Å². The zero-order valence-corrected chi connectivity index (χ0v) is 17.2. The fourth-order valence-electron chi connectivity index (χ4n) is 4.92. The maximum atomic E-state index is 12.8. The smallest absolute Gasteiger partial charge is 0.411 e. The summed E-state index contributed by atoms with van der Waals surface area (Å²) in [6.45, 7) is 1.07. The van der Waals surface area contributed by atoms with Gasteiger partial charge in [0.1, 0.15) is 11.8 Å². The van der Waals surface area contributed by atoms with Crippen molar-refractivity contribution in [2.75, 3.05) is 20.2 Å². The van der Waals surface area contributed by atoms with Gasteiger partial charge in [0.25, 0.3) is 5.91 Å². The molecule has 0 N–H and O–H groups in total. The molecule has 1 aliphatic carbocycles. The number of piperidine rings is 1. The second-order valence-electron chi connectivity index (χ2n) is 8.12. The first kappa shape index (κ1) is 19.5. The summed E-state index contributed by atoms with van der Waals surface area (Å²) in [5.41, 5.74) is 3.00. The molecule has 2 fully saturated rings. The maximum Gasteiger partial charge on any atom is 0.411 e. The van der Waals surface area contributed by atoms with Gasteiger partial charge in [-0.05, 0) is 36.1 Å². The number of benzene rings is 1. The van der Waals surface area contributed by atoms with E-state index in [1.807, 2.05) is 17.0 Å². The lowest BCUT2D eigenvalue weighted by Gasteiger charge is -2.37. The number of nitrogens with zero attached hydrogens (tertiary/aromatic N) is 3. The van der Waals surface area contributed by atoms with E-state index in [9.17, 15) is 14.4 Å². The predicted molar refractivity (Wildman–Crippen MR) is 109 cm³/mol. The molecule has 0 spiro atoms. The second-order valence-corrected chi connectivity index (χ2v) is 8.12. The SMILES string of the molecule is COC(=O)c1ccc(C(=O)N2CCC(N3C(=O)OC4Cc5ccccc5C43)CC2)nc1. The Kier molecular flexibility index (Phi) is 4.84. The van der Waals surface area contributed by atoms with E-state index in [2.05, 4.69) is 21.9 Å². The maximum absolute atomic E-state index is 12.8. The van der Waals surface area contributed by atoms with Gasteiger partial charge >= 0.3 is 12.1 Å². The molecule has 3 aliphatic rings. The third kappa shape index (κ3) is 3.32. The van der Waals surface area contributed by atoms with E-state index in [1.165, 1.54) is 30.5 Å². The number of ether oxygens (including phenoxy) is 2. The Labute approximate surface area is 179 Å². The third-order valence-electron chi connectivity index (χ3n) is 6.46. The summed E-state index contributed by atoms with van der Waals surface area (Å²) in [7, 11) is 1.30. The molecule has 31 heavy (non-hydrogen) atoms. The normalized spacial score (nSPS) is 22.7. The molecule has 1 aromatic heterocycles. The van der Waals surface area contributed by atoms with Crippen molar-refractivity contribution in [3.8, 4) is 0 Å². The number of aromatic nitrogens is 1. The third-order valence-corrected chi connectivity index (χ3v) is 6.46. The molecule has 8 heteroatoms. The number of fused-ring (bicyclic) bond motifs is 3. The van der Waals surface area contributed by atoms with Crippen LogP contribution in [-0.4, -0.2) is 65.1 Å². The highest BCUT2D eigenvalue weighted by atomic mass is 16.6. The molecule has 2 atom stereocenters. The number of pyridine rings is 1. The summed E-state index contributed by atoms with van der Waals surface area (Å²) < 4.78 is 10.3. The molecule has 160 valence electrons. The van der Waals surface area contributed by atoms with E-state index < -0.39 is 5.97 Å². The van der Waals surface area contributed by atoms with E-state index in [0.717, 1.165) is 6.42 Å². The van der Waals surface area contributed by atoms with Crippen molar-refractivity contribution < 1.29 is 23.9 Å².